The molecular formula is C14H21F2NO. The Morgan fingerprint density at radius 1 is 1.22 bits per heavy atom. The molecular weight excluding hydrogens is 236 g/mol. The van der Waals surface area contributed by atoms with Gasteiger partial charge < -0.3 is 5.11 Å². The number of hydrogen-bond acceptors (Lipinski definition) is 2. The van der Waals surface area contributed by atoms with E-state index in [2.05, 4.69) is 0 Å². The van der Waals surface area contributed by atoms with Gasteiger partial charge in [-0.25, -0.2) is 0 Å². The summed E-state index contributed by atoms with van der Waals surface area (Å²) < 4.78 is 28.2. The second-order valence-electron chi connectivity index (χ2n) is 4.71. The Kier molecular flexibility index (Phi) is 5.69. The summed E-state index contributed by atoms with van der Waals surface area (Å²) in [5.41, 5.74) is 0.0413. The van der Waals surface area contributed by atoms with E-state index in [1.54, 1.807) is 23.1 Å². The summed E-state index contributed by atoms with van der Waals surface area (Å²) >= 11 is 0. The van der Waals surface area contributed by atoms with Crippen LogP contribution in [0.1, 0.15) is 25.8 Å². The molecule has 0 fully saturated rings. The summed E-state index contributed by atoms with van der Waals surface area (Å²) in [7, 11) is 0. The van der Waals surface area contributed by atoms with Crippen LogP contribution >= 0.6 is 0 Å². The summed E-state index contributed by atoms with van der Waals surface area (Å²) in [5, 5.41) is 8.80. The van der Waals surface area contributed by atoms with Gasteiger partial charge in [0, 0.05) is 24.8 Å². The quantitative estimate of drug-likeness (QED) is 0.812. The fourth-order valence-corrected chi connectivity index (χ4v) is 1.82. The van der Waals surface area contributed by atoms with E-state index >= 15 is 0 Å². The first-order chi connectivity index (χ1) is 8.47. The molecule has 0 aliphatic carbocycles. The van der Waals surface area contributed by atoms with Gasteiger partial charge in [0.05, 0.1) is 6.54 Å². The minimum absolute atomic E-state index is 0.0279. The molecule has 2 nitrogen and oxygen atoms in total. The number of aliphatic hydroxyl groups is 1. The lowest BCUT2D eigenvalue weighted by Gasteiger charge is -2.30. The summed E-state index contributed by atoms with van der Waals surface area (Å²) in [5.74, 6) is -2.86. The molecule has 102 valence electrons. The van der Waals surface area contributed by atoms with Crippen molar-refractivity contribution in [2.75, 3.05) is 19.7 Å². The highest BCUT2D eigenvalue weighted by Crippen LogP contribution is 2.29. The monoisotopic (exact) mass is 257 g/mol. The second kappa shape index (κ2) is 6.81. The maximum atomic E-state index is 14.1. The number of alkyl halides is 2. The fraction of sp³-hybridized carbons (Fsp3) is 0.571. The van der Waals surface area contributed by atoms with E-state index in [1.807, 2.05) is 13.8 Å². The number of halogens is 2. The normalized spacial score (nSPS) is 12.4. The van der Waals surface area contributed by atoms with Crippen LogP contribution < -0.4 is 0 Å². The van der Waals surface area contributed by atoms with Crippen LogP contribution in [0.2, 0.25) is 0 Å². The van der Waals surface area contributed by atoms with Crippen molar-refractivity contribution in [2.24, 2.45) is 0 Å². The Balaban J connectivity index is 2.72. The van der Waals surface area contributed by atoms with Gasteiger partial charge in [0.25, 0.3) is 5.92 Å². The fourth-order valence-electron chi connectivity index (χ4n) is 1.82. The van der Waals surface area contributed by atoms with Crippen LogP contribution in [0.4, 0.5) is 8.78 Å². The highest BCUT2D eigenvalue weighted by molar-refractivity contribution is 5.20. The van der Waals surface area contributed by atoms with E-state index < -0.39 is 5.92 Å². The second-order valence-corrected chi connectivity index (χ2v) is 4.71. The van der Waals surface area contributed by atoms with Gasteiger partial charge in [0.1, 0.15) is 0 Å². The molecule has 4 heteroatoms. The predicted molar refractivity (Wildman–Crippen MR) is 68.7 cm³/mol. The van der Waals surface area contributed by atoms with Crippen molar-refractivity contribution in [3.8, 4) is 0 Å². The molecule has 1 aromatic rings. The molecule has 0 amide bonds. The standard InChI is InChI=1S/C14H21F2NO/c1-12(2)17(9-6-10-18)11-14(15,16)13-7-4-3-5-8-13/h3-5,7-8,12,18H,6,9-11H2,1-2H3. The number of benzene rings is 1. The molecule has 1 aromatic carbocycles. The molecule has 0 saturated carbocycles. The molecule has 0 saturated heterocycles. The van der Waals surface area contributed by atoms with Crippen LogP contribution in [0.15, 0.2) is 30.3 Å². The van der Waals surface area contributed by atoms with E-state index in [4.69, 9.17) is 5.11 Å². The molecule has 18 heavy (non-hydrogen) atoms. The van der Waals surface area contributed by atoms with Gasteiger partial charge in [-0.15, -0.1) is 0 Å². The first kappa shape index (κ1) is 15.1. The number of aliphatic hydroxyl groups excluding tert-OH is 1. The third kappa shape index (κ3) is 4.35. The zero-order valence-corrected chi connectivity index (χ0v) is 10.9. The van der Waals surface area contributed by atoms with Crippen LogP contribution in [0.25, 0.3) is 0 Å². The van der Waals surface area contributed by atoms with E-state index in [0.29, 0.717) is 13.0 Å². The third-order valence-corrected chi connectivity index (χ3v) is 2.93. The summed E-state index contributed by atoms with van der Waals surface area (Å²) in [6.07, 6.45) is 0.517. The molecule has 0 aliphatic heterocycles. The van der Waals surface area contributed by atoms with Gasteiger partial charge in [-0.2, -0.15) is 8.78 Å². The van der Waals surface area contributed by atoms with Crippen LogP contribution in [0, 0.1) is 0 Å². The van der Waals surface area contributed by atoms with Gasteiger partial charge in [-0.3, -0.25) is 4.90 Å². The van der Waals surface area contributed by atoms with Crippen molar-refractivity contribution >= 4 is 0 Å². The zero-order chi connectivity index (χ0) is 13.6. The first-order valence-electron chi connectivity index (χ1n) is 6.25. The van der Waals surface area contributed by atoms with Crippen molar-refractivity contribution in [3.05, 3.63) is 35.9 Å². The maximum Gasteiger partial charge on any atom is 0.285 e. The summed E-state index contributed by atoms with van der Waals surface area (Å²) in [4.78, 5) is 1.70. The lowest BCUT2D eigenvalue weighted by atomic mass is 10.1. The predicted octanol–water partition coefficient (Wildman–Crippen LogP) is 2.87. The smallest absolute Gasteiger partial charge is 0.285 e. The summed E-state index contributed by atoms with van der Waals surface area (Å²) in [6, 6.07) is 7.90. The van der Waals surface area contributed by atoms with Crippen molar-refractivity contribution < 1.29 is 13.9 Å². The lowest BCUT2D eigenvalue weighted by molar-refractivity contribution is -0.0459. The molecule has 0 aromatic heterocycles. The molecule has 1 N–H and O–H groups in total. The van der Waals surface area contributed by atoms with Crippen molar-refractivity contribution in [1.82, 2.24) is 4.90 Å². The highest BCUT2D eigenvalue weighted by atomic mass is 19.3. The van der Waals surface area contributed by atoms with Crippen molar-refractivity contribution in [2.45, 2.75) is 32.2 Å². The highest BCUT2D eigenvalue weighted by Gasteiger charge is 2.34. The molecule has 0 aliphatic rings. The average Bonchev–Trinajstić information content (AvgIpc) is 2.35. The van der Waals surface area contributed by atoms with Crippen LogP contribution in [0.5, 0.6) is 0 Å². The van der Waals surface area contributed by atoms with Gasteiger partial charge in [0.2, 0.25) is 0 Å². The summed E-state index contributed by atoms with van der Waals surface area (Å²) in [6.45, 7) is 3.97. The average molecular weight is 257 g/mol. The molecule has 0 radical (unpaired) electrons. The van der Waals surface area contributed by atoms with E-state index in [0.717, 1.165) is 0 Å². The molecule has 0 heterocycles. The molecule has 1 rings (SSSR count). The molecule has 0 spiro atoms. The van der Waals surface area contributed by atoms with Gasteiger partial charge in [0.15, 0.2) is 0 Å². The number of hydrogen-bond donors (Lipinski definition) is 1. The van der Waals surface area contributed by atoms with E-state index in [-0.39, 0.29) is 24.8 Å². The third-order valence-electron chi connectivity index (χ3n) is 2.93. The van der Waals surface area contributed by atoms with Crippen molar-refractivity contribution in [3.63, 3.8) is 0 Å². The van der Waals surface area contributed by atoms with Gasteiger partial charge in [-0.05, 0) is 20.3 Å². The topological polar surface area (TPSA) is 23.5 Å². The minimum atomic E-state index is -2.86. The largest absolute Gasteiger partial charge is 0.396 e. The zero-order valence-electron chi connectivity index (χ0n) is 10.9. The first-order valence-corrected chi connectivity index (χ1v) is 6.25. The Hall–Kier alpha value is -1.00. The molecule has 0 atom stereocenters. The van der Waals surface area contributed by atoms with Gasteiger partial charge in [-0.1, -0.05) is 30.3 Å². The van der Waals surface area contributed by atoms with Crippen LogP contribution in [-0.4, -0.2) is 35.7 Å². The molecule has 0 unspecified atom stereocenters. The minimum Gasteiger partial charge on any atom is -0.396 e. The van der Waals surface area contributed by atoms with Crippen LogP contribution in [-0.2, 0) is 5.92 Å². The SMILES string of the molecule is CC(C)N(CCCO)CC(F)(F)c1ccccc1. The number of rotatable bonds is 7. The van der Waals surface area contributed by atoms with Gasteiger partial charge >= 0.3 is 0 Å². The molecule has 0 bridgehead atoms. The van der Waals surface area contributed by atoms with E-state index in [1.165, 1.54) is 12.1 Å². The maximum absolute atomic E-state index is 14.1. The Bertz CT molecular complexity index is 341. The Morgan fingerprint density at radius 2 is 1.83 bits per heavy atom. The van der Waals surface area contributed by atoms with Crippen molar-refractivity contribution in [1.29, 1.82) is 0 Å². The lowest BCUT2D eigenvalue weighted by Crippen LogP contribution is -2.40. The Labute approximate surface area is 107 Å². The van der Waals surface area contributed by atoms with E-state index in [9.17, 15) is 8.78 Å². The van der Waals surface area contributed by atoms with Crippen LogP contribution in [0.3, 0.4) is 0 Å². The Morgan fingerprint density at radius 3 is 2.33 bits per heavy atom. The number of nitrogens with zero attached hydrogens (tertiary/aromatic N) is 1.